The Balaban J connectivity index is 2.19. The molecule has 18 heavy (non-hydrogen) atoms. The van der Waals surface area contributed by atoms with Crippen LogP contribution in [-0.4, -0.2) is 17.1 Å². The van der Waals surface area contributed by atoms with E-state index in [1.807, 2.05) is 36.6 Å². The number of halogens is 1. The molecule has 0 aliphatic heterocycles. The monoisotopic (exact) mass is 370 g/mol. The van der Waals surface area contributed by atoms with Crippen molar-refractivity contribution >= 4 is 46.1 Å². The van der Waals surface area contributed by atoms with Crippen LogP contribution in [0.2, 0.25) is 0 Å². The fraction of sp³-hybridized carbons (Fsp3) is 0.0769. The average molecular weight is 370 g/mol. The largest absolute Gasteiger partial charge is 0.307 e. The quantitative estimate of drug-likeness (QED) is 0.662. The van der Waals surface area contributed by atoms with Gasteiger partial charge in [0.2, 0.25) is 0 Å². The fourth-order valence-corrected chi connectivity index (χ4v) is 2.38. The Labute approximate surface area is 124 Å². The van der Waals surface area contributed by atoms with Crippen LogP contribution in [0.5, 0.6) is 0 Å². The van der Waals surface area contributed by atoms with Gasteiger partial charge in [0, 0.05) is 14.7 Å². The first-order valence-corrected chi connectivity index (χ1v) is 7.57. The van der Waals surface area contributed by atoms with Crippen molar-refractivity contribution in [1.82, 2.24) is 4.98 Å². The molecule has 0 radical (unpaired) electrons. The van der Waals surface area contributed by atoms with Crippen molar-refractivity contribution in [2.45, 2.75) is 4.90 Å². The molecule has 0 saturated heterocycles. The molecule has 1 heterocycles. The molecule has 3 nitrogen and oxygen atoms in total. The van der Waals surface area contributed by atoms with Gasteiger partial charge in [0.25, 0.3) is 5.91 Å². The summed E-state index contributed by atoms with van der Waals surface area (Å²) in [5.74, 6) is 0.435. The number of benzene rings is 1. The van der Waals surface area contributed by atoms with Crippen LogP contribution in [0.3, 0.4) is 0 Å². The number of hydrogen-bond donors (Lipinski definition) is 1. The summed E-state index contributed by atoms with van der Waals surface area (Å²) in [4.78, 5) is 17.2. The molecule has 0 fully saturated rings. The van der Waals surface area contributed by atoms with Crippen LogP contribution in [0.4, 0.5) is 5.82 Å². The number of nitrogens with one attached hydrogen (secondary N) is 1. The number of aromatic nitrogens is 1. The molecule has 5 heteroatoms. The lowest BCUT2D eigenvalue weighted by Crippen LogP contribution is -2.13. The number of carbonyl (C=O) groups is 1. The minimum atomic E-state index is -0.131. The van der Waals surface area contributed by atoms with Crippen LogP contribution in [-0.2, 0) is 0 Å². The number of rotatable bonds is 3. The second-order valence-electron chi connectivity index (χ2n) is 3.52. The summed E-state index contributed by atoms with van der Waals surface area (Å²) >= 11 is 3.73. The first-order valence-electron chi connectivity index (χ1n) is 5.26. The Bertz CT molecular complexity index is 557. The van der Waals surface area contributed by atoms with Crippen molar-refractivity contribution in [2.24, 2.45) is 0 Å². The van der Waals surface area contributed by atoms with Gasteiger partial charge in [-0.2, -0.15) is 0 Å². The SMILES string of the molecule is CSc1ccccc1C(=O)Nc1ccc(I)cn1. The topological polar surface area (TPSA) is 42.0 Å². The van der Waals surface area contributed by atoms with Crippen LogP contribution >= 0.6 is 34.4 Å². The van der Waals surface area contributed by atoms with E-state index in [4.69, 9.17) is 0 Å². The maximum Gasteiger partial charge on any atom is 0.257 e. The van der Waals surface area contributed by atoms with Gasteiger partial charge < -0.3 is 5.32 Å². The summed E-state index contributed by atoms with van der Waals surface area (Å²) < 4.78 is 1.04. The van der Waals surface area contributed by atoms with Gasteiger partial charge >= 0.3 is 0 Å². The molecule has 1 N–H and O–H groups in total. The number of anilines is 1. The highest BCUT2D eigenvalue weighted by atomic mass is 127. The van der Waals surface area contributed by atoms with Crippen LogP contribution in [0.15, 0.2) is 47.5 Å². The predicted molar refractivity (Wildman–Crippen MR) is 83.1 cm³/mol. The molecule has 0 aliphatic rings. The summed E-state index contributed by atoms with van der Waals surface area (Å²) in [7, 11) is 0. The molecule has 2 rings (SSSR count). The second kappa shape index (κ2) is 6.19. The highest BCUT2D eigenvalue weighted by molar-refractivity contribution is 14.1. The Morgan fingerprint density at radius 3 is 2.72 bits per heavy atom. The van der Waals surface area contributed by atoms with Gasteiger partial charge in [0.1, 0.15) is 5.82 Å². The third-order valence-electron chi connectivity index (χ3n) is 2.32. The van der Waals surface area contributed by atoms with E-state index in [1.165, 1.54) is 0 Å². The van der Waals surface area contributed by atoms with E-state index in [9.17, 15) is 4.79 Å². The smallest absolute Gasteiger partial charge is 0.257 e. The number of pyridine rings is 1. The lowest BCUT2D eigenvalue weighted by molar-refractivity contribution is 0.102. The standard InChI is InChI=1S/C13H11IN2OS/c1-18-11-5-3-2-4-10(11)13(17)16-12-7-6-9(14)8-15-12/h2-8H,1H3,(H,15,16,17). The van der Waals surface area contributed by atoms with Gasteiger partial charge in [-0.05, 0) is 53.1 Å². The lowest BCUT2D eigenvalue weighted by atomic mass is 10.2. The van der Waals surface area contributed by atoms with Crippen molar-refractivity contribution in [1.29, 1.82) is 0 Å². The van der Waals surface area contributed by atoms with E-state index in [0.29, 0.717) is 11.4 Å². The Kier molecular flexibility index (Phi) is 4.60. The maximum atomic E-state index is 12.1. The van der Waals surface area contributed by atoms with Crippen LogP contribution in [0, 0.1) is 3.57 Å². The van der Waals surface area contributed by atoms with Crippen molar-refractivity contribution < 1.29 is 4.79 Å². The van der Waals surface area contributed by atoms with Gasteiger partial charge in [0.15, 0.2) is 0 Å². The molecule has 0 spiro atoms. The zero-order valence-corrected chi connectivity index (χ0v) is 12.7. The van der Waals surface area contributed by atoms with Gasteiger partial charge in [0.05, 0.1) is 5.56 Å². The molecule has 1 amide bonds. The molecule has 0 atom stereocenters. The van der Waals surface area contributed by atoms with Gasteiger partial charge in [-0.1, -0.05) is 12.1 Å². The molecule has 0 bridgehead atoms. The lowest BCUT2D eigenvalue weighted by Gasteiger charge is -2.07. The van der Waals surface area contributed by atoms with E-state index in [0.717, 1.165) is 8.47 Å². The number of amides is 1. The molecule has 92 valence electrons. The van der Waals surface area contributed by atoms with E-state index in [2.05, 4.69) is 32.9 Å². The third kappa shape index (κ3) is 3.23. The summed E-state index contributed by atoms with van der Waals surface area (Å²) in [6, 6.07) is 11.2. The summed E-state index contributed by atoms with van der Waals surface area (Å²) in [6.45, 7) is 0. The third-order valence-corrected chi connectivity index (χ3v) is 3.75. The van der Waals surface area contributed by atoms with Crippen molar-refractivity contribution in [2.75, 3.05) is 11.6 Å². The molecular formula is C13H11IN2OS. The molecular weight excluding hydrogens is 359 g/mol. The molecule has 1 aromatic heterocycles. The summed E-state index contributed by atoms with van der Waals surface area (Å²) in [5.41, 5.74) is 0.672. The average Bonchev–Trinajstić information content (AvgIpc) is 2.41. The Morgan fingerprint density at radius 1 is 1.28 bits per heavy atom. The first kappa shape index (κ1) is 13.4. The van der Waals surface area contributed by atoms with Crippen LogP contribution in [0.25, 0.3) is 0 Å². The Morgan fingerprint density at radius 2 is 2.06 bits per heavy atom. The number of nitrogens with zero attached hydrogens (tertiary/aromatic N) is 1. The van der Waals surface area contributed by atoms with Crippen molar-refractivity contribution in [3.05, 3.63) is 51.7 Å². The zero-order chi connectivity index (χ0) is 13.0. The Hall–Kier alpha value is -1.08. The molecule has 2 aromatic rings. The molecule has 0 saturated carbocycles. The van der Waals surface area contributed by atoms with Crippen molar-refractivity contribution in [3.8, 4) is 0 Å². The van der Waals surface area contributed by atoms with E-state index >= 15 is 0 Å². The van der Waals surface area contributed by atoms with Gasteiger partial charge in [-0.3, -0.25) is 4.79 Å². The minimum Gasteiger partial charge on any atom is -0.307 e. The van der Waals surface area contributed by atoms with Crippen LogP contribution < -0.4 is 5.32 Å². The molecule has 1 aromatic carbocycles. The van der Waals surface area contributed by atoms with Crippen LogP contribution in [0.1, 0.15) is 10.4 Å². The highest BCUT2D eigenvalue weighted by Crippen LogP contribution is 2.20. The fourth-order valence-electron chi connectivity index (χ4n) is 1.47. The second-order valence-corrected chi connectivity index (χ2v) is 5.61. The number of thioether (sulfide) groups is 1. The zero-order valence-electron chi connectivity index (χ0n) is 9.68. The van der Waals surface area contributed by atoms with Gasteiger partial charge in [-0.15, -0.1) is 11.8 Å². The van der Waals surface area contributed by atoms with E-state index in [1.54, 1.807) is 24.0 Å². The summed E-state index contributed by atoms with van der Waals surface area (Å²) in [5, 5.41) is 2.79. The normalized spacial score (nSPS) is 10.1. The number of hydrogen-bond acceptors (Lipinski definition) is 3. The van der Waals surface area contributed by atoms with E-state index in [-0.39, 0.29) is 5.91 Å². The molecule has 0 unspecified atom stereocenters. The minimum absolute atomic E-state index is 0.131. The number of carbonyl (C=O) groups excluding carboxylic acids is 1. The maximum absolute atomic E-state index is 12.1. The highest BCUT2D eigenvalue weighted by Gasteiger charge is 2.10. The molecule has 0 aliphatic carbocycles. The predicted octanol–water partition coefficient (Wildman–Crippen LogP) is 3.66. The first-order chi connectivity index (χ1) is 8.70. The van der Waals surface area contributed by atoms with E-state index < -0.39 is 0 Å². The van der Waals surface area contributed by atoms with Crippen molar-refractivity contribution in [3.63, 3.8) is 0 Å². The van der Waals surface area contributed by atoms with Gasteiger partial charge in [-0.25, -0.2) is 4.98 Å². The summed E-state index contributed by atoms with van der Waals surface area (Å²) in [6.07, 6.45) is 3.67.